The molecule has 1 N–H and O–H groups in total. The van der Waals surface area contributed by atoms with E-state index >= 15 is 0 Å². The fourth-order valence-corrected chi connectivity index (χ4v) is 3.98. The molecule has 0 radical (unpaired) electrons. The van der Waals surface area contributed by atoms with E-state index < -0.39 is 11.4 Å². The maximum Gasteiger partial charge on any atom is 0.410 e. The van der Waals surface area contributed by atoms with Gasteiger partial charge in [0.15, 0.2) is 5.78 Å². The van der Waals surface area contributed by atoms with Gasteiger partial charge in [0.1, 0.15) is 11.4 Å². The van der Waals surface area contributed by atoms with Gasteiger partial charge in [0, 0.05) is 18.1 Å². The van der Waals surface area contributed by atoms with Crippen LogP contribution in [0.1, 0.15) is 56.8 Å². The second-order valence-corrected chi connectivity index (χ2v) is 8.22. The summed E-state index contributed by atoms with van der Waals surface area (Å²) in [7, 11) is 0. The highest BCUT2D eigenvalue weighted by molar-refractivity contribution is 5.97. The minimum absolute atomic E-state index is 0.109. The van der Waals surface area contributed by atoms with Crippen molar-refractivity contribution in [2.75, 3.05) is 6.54 Å². The first-order valence-electron chi connectivity index (χ1n) is 9.27. The number of carbonyl (C=O) groups is 2. The van der Waals surface area contributed by atoms with Crippen LogP contribution in [0, 0.1) is 5.82 Å². The lowest BCUT2D eigenvalue weighted by Crippen LogP contribution is -2.53. The molecule has 2 bridgehead atoms. The lowest BCUT2D eigenvalue weighted by Gasteiger charge is -2.39. The Morgan fingerprint density at radius 3 is 2.38 bits per heavy atom. The van der Waals surface area contributed by atoms with Crippen LogP contribution in [-0.2, 0) is 4.74 Å². The fourth-order valence-electron chi connectivity index (χ4n) is 3.98. The molecule has 6 heteroatoms. The number of fused-ring (bicyclic) bond motifs is 2. The van der Waals surface area contributed by atoms with Gasteiger partial charge >= 0.3 is 6.09 Å². The van der Waals surface area contributed by atoms with Gasteiger partial charge in [-0.05, 0) is 58.6 Å². The van der Waals surface area contributed by atoms with Crippen molar-refractivity contribution in [3.63, 3.8) is 0 Å². The number of ether oxygens (including phenoxy) is 1. The van der Waals surface area contributed by atoms with Gasteiger partial charge in [0.2, 0.25) is 0 Å². The molecule has 0 aromatic heterocycles. The molecule has 0 spiro atoms. The monoisotopic (exact) mass is 362 g/mol. The van der Waals surface area contributed by atoms with Gasteiger partial charge in [-0.1, -0.05) is 12.1 Å². The van der Waals surface area contributed by atoms with Crippen LogP contribution in [0.3, 0.4) is 0 Å². The Balaban J connectivity index is 1.55. The number of piperidine rings is 1. The van der Waals surface area contributed by atoms with E-state index in [2.05, 4.69) is 5.32 Å². The Labute approximate surface area is 153 Å². The van der Waals surface area contributed by atoms with E-state index in [0.717, 1.165) is 25.7 Å². The predicted molar refractivity (Wildman–Crippen MR) is 96.6 cm³/mol. The molecule has 0 saturated carbocycles. The quantitative estimate of drug-likeness (QED) is 0.833. The van der Waals surface area contributed by atoms with Crippen LogP contribution in [0.25, 0.3) is 0 Å². The highest BCUT2D eigenvalue weighted by atomic mass is 19.1. The Bertz CT molecular complexity index is 672. The largest absolute Gasteiger partial charge is 0.444 e. The van der Waals surface area contributed by atoms with E-state index in [-0.39, 0.29) is 42.1 Å². The smallest absolute Gasteiger partial charge is 0.410 e. The molecule has 2 aliphatic heterocycles. The summed E-state index contributed by atoms with van der Waals surface area (Å²) in [6, 6.07) is 6.48. The van der Waals surface area contributed by atoms with Gasteiger partial charge in [0.05, 0.1) is 12.1 Å². The van der Waals surface area contributed by atoms with Crippen LogP contribution >= 0.6 is 0 Å². The molecule has 5 nitrogen and oxygen atoms in total. The topological polar surface area (TPSA) is 58.6 Å². The average Bonchev–Trinajstić information content (AvgIpc) is 2.82. The zero-order chi connectivity index (χ0) is 18.9. The number of nitrogens with zero attached hydrogens (tertiary/aromatic N) is 1. The lowest BCUT2D eigenvalue weighted by molar-refractivity contribution is 0.00471. The molecule has 26 heavy (non-hydrogen) atoms. The number of ketones is 1. The van der Waals surface area contributed by atoms with Crippen LogP contribution in [0.5, 0.6) is 0 Å². The van der Waals surface area contributed by atoms with Gasteiger partial charge in [-0.25, -0.2) is 9.18 Å². The summed E-state index contributed by atoms with van der Waals surface area (Å²) in [4.78, 5) is 26.6. The molecule has 2 aliphatic rings. The molecular formula is C20H27FN2O3. The highest BCUT2D eigenvalue weighted by Crippen LogP contribution is 2.36. The first kappa shape index (κ1) is 18.8. The maximum absolute atomic E-state index is 13.7. The molecule has 2 heterocycles. The number of benzene rings is 1. The summed E-state index contributed by atoms with van der Waals surface area (Å²) >= 11 is 0. The van der Waals surface area contributed by atoms with E-state index in [0.29, 0.717) is 0 Å². The van der Waals surface area contributed by atoms with Gasteiger partial charge < -0.3 is 15.0 Å². The van der Waals surface area contributed by atoms with Gasteiger partial charge in [-0.15, -0.1) is 0 Å². The number of Topliss-reactive ketones (excluding diaryl/α,β-unsaturated/α-hetero) is 1. The summed E-state index contributed by atoms with van der Waals surface area (Å²) in [5.41, 5.74) is -0.383. The number of rotatable bonds is 4. The van der Waals surface area contributed by atoms with Crippen LogP contribution in [0.15, 0.2) is 24.3 Å². The van der Waals surface area contributed by atoms with Crippen LogP contribution < -0.4 is 5.32 Å². The SMILES string of the molecule is CC(C)(C)OC(=O)N1[C@@H]2CC[C@H]1C[C@@H](NCC(=O)c1ccccc1F)C2. The third kappa shape index (κ3) is 4.23. The van der Waals surface area contributed by atoms with E-state index in [1.54, 1.807) is 12.1 Å². The zero-order valence-corrected chi connectivity index (χ0v) is 15.6. The predicted octanol–water partition coefficient (Wildman–Crippen LogP) is 3.53. The Kier molecular flexibility index (Phi) is 5.32. The van der Waals surface area contributed by atoms with Crippen LogP contribution in [0.4, 0.5) is 9.18 Å². The van der Waals surface area contributed by atoms with Crippen molar-refractivity contribution in [3.05, 3.63) is 35.6 Å². The highest BCUT2D eigenvalue weighted by Gasteiger charge is 2.44. The summed E-state index contributed by atoms with van der Waals surface area (Å²) in [6.07, 6.45) is 3.26. The van der Waals surface area contributed by atoms with Crippen LogP contribution in [-0.4, -0.2) is 47.0 Å². The minimum atomic E-state index is -0.502. The number of halogens is 1. The molecule has 142 valence electrons. The summed E-state index contributed by atoms with van der Waals surface area (Å²) in [6.45, 7) is 5.72. The third-order valence-corrected chi connectivity index (χ3v) is 5.06. The fraction of sp³-hybridized carbons (Fsp3) is 0.600. The van der Waals surface area contributed by atoms with Crippen molar-refractivity contribution in [1.29, 1.82) is 0 Å². The van der Waals surface area contributed by atoms with E-state index in [1.165, 1.54) is 12.1 Å². The molecule has 0 aliphatic carbocycles. The third-order valence-electron chi connectivity index (χ3n) is 5.06. The van der Waals surface area contributed by atoms with Crippen LogP contribution in [0.2, 0.25) is 0 Å². The van der Waals surface area contributed by atoms with Gasteiger partial charge in [-0.3, -0.25) is 4.79 Å². The van der Waals surface area contributed by atoms with Crippen molar-refractivity contribution in [2.45, 2.75) is 70.2 Å². The van der Waals surface area contributed by atoms with Gasteiger partial charge in [0.25, 0.3) is 0 Å². The number of hydrogen-bond donors (Lipinski definition) is 1. The Morgan fingerprint density at radius 2 is 1.81 bits per heavy atom. The summed E-state index contributed by atoms with van der Waals surface area (Å²) in [5.74, 6) is -0.732. The van der Waals surface area contributed by atoms with Crippen molar-refractivity contribution >= 4 is 11.9 Å². The molecule has 3 atom stereocenters. The first-order chi connectivity index (χ1) is 12.2. The van der Waals surface area contributed by atoms with Crippen molar-refractivity contribution < 1.29 is 18.7 Å². The van der Waals surface area contributed by atoms with Crippen molar-refractivity contribution in [3.8, 4) is 0 Å². The number of hydrogen-bond acceptors (Lipinski definition) is 4. The van der Waals surface area contributed by atoms with Gasteiger partial charge in [-0.2, -0.15) is 0 Å². The maximum atomic E-state index is 13.7. The van der Waals surface area contributed by atoms with Crippen molar-refractivity contribution in [2.24, 2.45) is 0 Å². The standard InChI is InChI=1S/C20H27FN2O3/c1-20(2,3)26-19(25)23-14-8-9-15(23)11-13(10-14)22-12-18(24)16-6-4-5-7-17(16)21/h4-7,13-15,22H,8-12H2,1-3H3/t13-,14+,15-. The average molecular weight is 362 g/mol. The molecule has 1 aromatic carbocycles. The lowest BCUT2D eigenvalue weighted by atomic mass is 9.97. The molecular weight excluding hydrogens is 335 g/mol. The Morgan fingerprint density at radius 1 is 1.19 bits per heavy atom. The summed E-state index contributed by atoms with van der Waals surface area (Å²) in [5, 5.41) is 3.26. The number of carbonyl (C=O) groups excluding carboxylic acids is 2. The van der Waals surface area contributed by atoms with E-state index in [4.69, 9.17) is 4.74 Å². The molecule has 1 amide bonds. The number of nitrogens with one attached hydrogen (secondary N) is 1. The second-order valence-electron chi connectivity index (χ2n) is 8.22. The normalized spacial score (nSPS) is 25.2. The molecule has 1 aromatic rings. The Hall–Kier alpha value is -1.95. The number of amides is 1. The molecule has 0 unspecified atom stereocenters. The molecule has 3 rings (SSSR count). The van der Waals surface area contributed by atoms with Crippen molar-refractivity contribution in [1.82, 2.24) is 10.2 Å². The molecule has 2 saturated heterocycles. The first-order valence-corrected chi connectivity index (χ1v) is 9.27. The minimum Gasteiger partial charge on any atom is -0.444 e. The second kappa shape index (κ2) is 7.35. The molecule has 2 fully saturated rings. The van der Waals surface area contributed by atoms with E-state index in [9.17, 15) is 14.0 Å². The zero-order valence-electron chi connectivity index (χ0n) is 15.6. The summed E-state index contributed by atoms with van der Waals surface area (Å²) < 4.78 is 19.2. The van der Waals surface area contributed by atoms with E-state index in [1.807, 2.05) is 25.7 Å².